The Labute approximate surface area is 141 Å². The van der Waals surface area contributed by atoms with Gasteiger partial charge in [0, 0.05) is 32.0 Å². The number of furan rings is 1. The van der Waals surface area contributed by atoms with Gasteiger partial charge in [-0.3, -0.25) is 9.59 Å². The fraction of sp³-hybridized carbons (Fsp3) is 0.333. The number of methoxy groups -OCH3 is 1. The van der Waals surface area contributed by atoms with Crippen molar-refractivity contribution in [1.82, 2.24) is 10.2 Å². The monoisotopic (exact) mass is 330 g/mol. The molecule has 0 fully saturated rings. The largest absolute Gasteiger partial charge is 0.496 e. The molecule has 24 heavy (non-hydrogen) atoms. The summed E-state index contributed by atoms with van der Waals surface area (Å²) in [5.41, 5.74) is 0.910. The first-order valence-corrected chi connectivity index (χ1v) is 7.76. The number of hydrogen-bond acceptors (Lipinski definition) is 4. The van der Waals surface area contributed by atoms with Gasteiger partial charge in [0.2, 0.25) is 11.8 Å². The zero-order valence-electron chi connectivity index (χ0n) is 14.0. The van der Waals surface area contributed by atoms with E-state index in [1.165, 1.54) is 6.92 Å². The number of carbonyl (C=O) groups is 2. The van der Waals surface area contributed by atoms with Crippen LogP contribution in [-0.2, 0) is 22.7 Å². The van der Waals surface area contributed by atoms with E-state index < -0.39 is 0 Å². The number of rotatable bonds is 8. The second-order valence-electron chi connectivity index (χ2n) is 5.36. The zero-order chi connectivity index (χ0) is 17.4. The van der Waals surface area contributed by atoms with Crippen molar-refractivity contribution < 1.29 is 18.7 Å². The molecular weight excluding hydrogens is 308 g/mol. The van der Waals surface area contributed by atoms with Crippen LogP contribution in [0, 0.1) is 0 Å². The summed E-state index contributed by atoms with van der Waals surface area (Å²) in [6.45, 7) is 2.58. The Bertz CT molecular complexity index is 667. The number of para-hydroxylation sites is 1. The molecule has 0 aliphatic carbocycles. The average Bonchev–Trinajstić information content (AvgIpc) is 3.09. The fourth-order valence-electron chi connectivity index (χ4n) is 2.31. The summed E-state index contributed by atoms with van der Waals surface area (Å²) in [4.78, 5) is 25.3. The van der Waals surface area contributed by atoms with Crippen molar-refractivity contribution in [3.63, 3.8) is 0 Å². The fourth-order valence-corrected chi connectivity index (χ4v) is 2.31. The smallest absolute Gasteiger partial charge is 0.222 e. The van der Waals surface area contributed by atoms with Crippen molar-refractivity contribution in [2.24, 2.45) is 0 Å². The molecule has 0 aliphatic heterocycles. The number of nitrogens with zero attached hydrogens (tertiary/aromatic N) is 1. The van der Waals surface area contributed by atoms with Gasteiger partial charge in [-0.2, -0.15) is 0 Å². The van der Waals surface area contributed by atoms with Crippen molar-refractivity contribution in [3.05, 3.63) is 54.0 Å². The van der Waals surface area contributed by atoms with Crippen LogP contribution in [0.15, 0.2) is 47.1 Å². The molecule has 1 N–H and O–H groups in total. The lowest BCUT2D eigenvalue weighted by Gasteiger charge is -2.19. The second-order valence-corrected chi connectivity index (χ2v) is 5.36. The summed E-state index contributed by atoms with van der Waals surface area (Å²) in [6.07, 6.45) is 1.79. The lowest BCUT2D eigenvalue weighted by Crippen LogP contribution is -2.33. The molecule has 2 aromatic rings. The molecule has 1 aromatic carbocycles. The van der Waals surface area contributed by atoms with Gasteiger partial charge >= 0.3 is 0 Å². The molecule has 1 heterocycles. The van der Waals surface area contributed by atoms with Crippen LogP contribution in [0.4, 0.5) is 0 Å². The van der Waals surface area contributed by atoms with E-state index >= 15 is 0 Å². The molecule has 2 rings (SSSR count). The van der Waals surface area contributed by atoms with Gasteiger partial charge in [-0.1, -0.05) is 18.2 Å². The van der Waals surface area contributed by atoms with Crippen molar-refractivity contribution in [2.45, 2.75) is 26.4 Å². The van der Waals surface area contributed by atoms with Crippen molar-refractivity contribution in [1.29, 1.82) is 0 Å². The van der Waals surface area contributed by atoms with Gasteiger partial charge < -0.3 is 19.4 Å². The molecule has 6 nitrogen and oxygen atoms in total. The van der Waals surface area contributed by atoms with Crippen LogP contribution in [-0.4, -0.2) is 30.4 Å². The van der Waals surface area contributed by atoms with E-state index in [4.69, 9.17) is 9.15 Å². The molecule has 0 radical (unpaired) electrons. The van der Waals surface area contributed by atoms with Gasteiger partial charge in [-0.25, -0.2) is 0 Å². The van der Waals surface area contributed by atoms with Crippen molar-refractivity contribution in [2.75, 3.05) is 13.7 Å². The van der Waals surface area contributed by atoms with E-state index in [2.05, 4.69) is 5.32 Å². The van der Waals surface area contributed by atoms with Crippen molar-refractivity contribution >= 4 is 11.8 Å². The highest BCUT2D eigenvalue weighted by atomic mass is 16.5. The quantitative estimate of drug-likeness (QED) is 0.806. The highest BCUT2D eigenvalue weighted by Crippen LogP contribution is 2.16. The van der Waals surface area contributed by atoms with E-state index in [0.29, 0.717) is 25.4 Å². The standard InChI is InChI=1S/C18H22N2O4/c1-14(21)20(13-16-7-5-11-24-16)10-9-18(22)19-12-15-6-3-4-8-17(15)23-2/h3-8,11H,9-10,12-13H2,1-2H3,(H,19,22). The molecule has 6 heteroatoms. The van der Waals surface area contributed by atoms with Gasteiger partial charge in [-0.15, -0.1) is 0 Å². The van der Waals surface area contributed by atoms with Gasteiger partial charge in [0.25, 0.3) is 0 Å². The second kappa shape index (κ2) is 8.76. The minimum Gasteiger partial charge on any atom is -0.496 e. The number of benzene rings is 1. The summed E-state index contributed by atoms with van der Waals surface area (Å²) in [5, 5.41) is 2.85. The molecule has 0 spiro atoms. The minimum atomic E-state index is -0.119. The van der Waals surface area contributed by atoms with E-state index in [1.807, 2.05) is 24.3 Å². The molecule has 0 saturated carbocycles. The predicted octanol–water partition coefficient (Wildman–Crippen LogP) is 2.34. The molecule has 128 valence electrons. The summed E-state index contributed by atoms with van der Waals surface area (Å²) >= 11 is 0. The van der Waals surface area contributed by atoms with Crippen LogP contribution >= 0.6 is 0 Å². The van der Waals surface area contributed by atoms with Crippen LogP contribution in [0.1, 0.15) is 24.7 Å². The molecule has 1 aromatic heterocycles. The summed E-state index contributed by atoms with van der Waals surface area (Å²) < 4.78 is 10.5. The molecule has 0 unspecified atom stereocenters. The maximum atomic E-state index is 12.0. The van der Waals surface area contributed by atoms with Crippen molar-refractivity contribution in [3.8, 4) is 5.75 Å². The first kappa shape index (κ1) is 17.6. The highest BCUT2D eigenvalue weighted by Gasteiger charge is 2.13. The summed E-state index contributed by atoms with van der Waals surface area (Å²) in [7, 11) is 1.60. The Balaban J connectivity index is 1.81. The third-order valence-electron chi connectivity index (χ3n) is 3.65. The topological polar surface area (TPSA) is 71.8 Å². The van der Waals surface area contributed by atoms with Crippen LogP contribution in [0.2, 0.25) is 0 Å². The summed E-state index contributed by atoms with van der Waals surface area (Å²) in [5.74, 6) is 1.22. The number of carbonyl (C=O) groups excluding carboxylic acids is 2. The maximum Gasteiger partial charge on any atom is 0.222 e. The average molecular weight is 330 g/mol. The predicted molar refractivity (Wildman–Crippen MR) is 89.3 cm³/mol. The van der Waals surface area contributed by atoms with E-state index in [-0.39, 0.29) is 18.2 Å². The Kier molecular flexibility index (Phi) is 6.42. The Morgan fingerprint density at radius 3 is 2.67 bits per heavy atom. The molecule has 0 bridgehead atoms. The van der Waals surface area contributed by atoms with E-state index in [0.717, 1.165) is 11.3 Å². The third kappa shape index (κ3) is 5.15. The highest BCUT2D eigenvalue weighted by molar-refractivity contribution is 5.78. The van der Waals surface area contributed by atoms with Gasteiger partial charge in [0.1, 0.15) is 11.5 Å². The Morgan fingerprint density at radius 1 is 1.21 bits per heavy atom. The van der Waals surface area contributed by atoms with Crippen LogP contribution in [0.5, 0.6) is 5.75 Å². The van der Waals surface area contributed by atoms with Gasteiger partial charge in [0.15, 0.2) is 0 Å². The van der Waals surface area contributed by atoms with Gasteiger partial charge in [0.05, 0.1) is 19.9 Å². The van der Waals surface area contributed by atoms with E-state index in [9.17, 15) is 9.59 Å². The Hall–Kier alpha value is -2.76. The molecule has 0 aliphatic rings. The van der Waals surface area contributed by atoms with Crippen LogP contribution in [0.3, 0.4) is 0 Å². The first-order chi connectivity index (χ1) is 11.6. The van der Waals surface area contributed by atoms with Crippen LogP contribution < -0.4 is 10.1 Å². The molecule has 2 amide bonds. The molecule has 0 saturated heterocycles. The number of amides is 2. The molecular formula is C18H22N2O4. The zero-order valence-corrected chi connectivity index (χ0v) is 14.0. The maximum absolute atomic E-state index is 12.0. The first-order valence-electron chi connectivity index (χ1n) is 7.76. The lowest BCUT2D eigenvalue weighted by molar-refractivity contribution is -0.130. The minimum absolute atomic E-state index is 0.0936. The Morgan fingerprint density at radius 2 is 2.00 bits per heavy atom. The molecule has 0 atom stereocenters. The lowest BCUT2D eigenvalue weighted by atomic mass is 10.2. The number of hydrogen-bond donors (Lipinski definition) is 1. The van der Waals surface area contributed by atoms with Crippen LogP contribution in [0.25, 0.3) is 0 Å². The van der Waals surface area contributed by atoms with E-state index in [1.54, 1.807) is 30.4 Å². The summed E-state index contributed by atoms with van der Waals surface area (Å²) in [6, 6.07) is 11.1. The van der Waals surface area contributed by atoms with Gasteiger partial charge in [-0.05, 0) is 18.2 Å². The SMILES string of the molecule is COc1ccccc1CNC(=O)CCN(Cc1ccco1)C(C)=O. The number of nitrogens with one attached hydrogen (secondary N) is 1. The third-order valence-corrected chi connectivity index (χ3v) is 3.65. The normalized spacial score (nSPS) is 10.2. The number of ether oxygens (including phenoxy) is 1.